The van der Waals surface area contributed by atoms with E-state index in [-0.39, 0.29) is 46.8 Å². The van der Waals surface area contributed by atoms with Gasteiger partial charge in [-0.15, -0.1) is 0 Å². The maximum atomic E-state index is 13.8. The number of nitrogen functional groups attached to an aromatic ring is 1. The number of alkyl halides is 3. The molecule has 182 valence electrons. The highest BCUT2D eigenvalue weighted by Gasteiger charge is 2.35. The molecule has 2 heterocycles. The number of likely N-dealkylation sites (tertiary alicyclic amines) is 1. The van der Waals surface area contributed by atoms with Gasteiger partial charge in [-0.2, -0.15) is 18.4 Å². The van der Waals surface area contributed by atoms with E-state index in [4.69, 9.17) is 16.2 Å². The summed E-state index contributed by atoms with van der Waals surface area (Å²) in [5, 5.41) is 12.1. The Morgan fingerprint density at radius 3 is 2.62 bits per heavy atom. The molecule has 1 aliphatic rings. The van der Waals surface area contributed by atoms with E-state index in [1.54, 1.807) is 7.05 Å². The standard InChI is InChI=1S/C23H27F3N6O2/c1-30-18-12-17(31-19(13-27)21(18)28)15-3-4-20(16(11-15)23(24,25)26)34-10-2-7-32-8-5-14(6-9-32)22(29)33/h3-4,11-12,14H,2,5-10,28H2,1H3,(H2,29,33)(H,30,31). The van der Waals surface area contributed by atoms with Crippen LogP contribution >= 0.6 is 0 Å². The SMILES string of the molecule is CNc1cc(-c2ccc(OCCCN3CCC(C(N)=O)CC3)c(C(F)(F)F)c2)nc(C#N)c1N. The van der Waals surface area contributed by atoms with Crippen molar-refractivity contribution in [1.82, 2.24) is 9.88 Å². The van der Waals surface area contributed by atoms with Crippen LogP contribution in [0.5, 0.6) is 5.75 Å². The van der Waals surface area contributed by atoms with Crippen LogP contribution in [-0.4, -0.2) is 49.1 Å². The van der Waals surface area contributed by atoms with E-state index in [9.17, 15) is 23.2 Å². The van der Waals surface area contributed by atoms with E-state index in [1.165, 1.54) is 18.2 Å². The Balaban J connectivity index is 1.70. The summed E-state index contributed by atoms with van der Waals surface area (Å²) in [5.41, 5.74) is 11.1. The number of anilines is 2. The highest BCUT2D eigenvalue weighted by atomic mass is 19.4. The maximum absolute atomic E-state index is 13.8. The number of carbonyl (C=O) groups is 1. The fourth-order valence-electron chi connectivity index (χ4n) is 3.94. The molecule has 34 heavy (non-hydrogen) atoms. The second-order valence-corrected chi connectivity index (χ2v) is 8.11. The molecule has 0 unspecified atom stereocenters. The summed E-state index contributed by atoms with van der Waals surface area (Å²) >= 11 is 0. The lowest BCUT2D eigenvalue weighted by Crippen LogP contribution is -2.39. The van der Waals surface area contributed by atoms with Gasteiger partial charge in [-0.3, -0.25) is 4.79 Å². The molecule has 1 aromatic heterocycles. The van der Waals surface area contributed by atoms with Gasteiger partial charge in [0.25, 0.3) is 0 Å². The van der Waals surface area contributed by atoms with Crippen LogP contribution in [0.2, 0.25) is 0 Å². The van der Waals surface area contributed by atoms with Crippen molar-refractivity contribution >= 4 is 17.3 Å². The van der Waals surface area contributed by atoms with Gasteiger partial charge in [0.15, 0.2) is 5.69 Å². The fourth-order valence-corrected chi connectivity index (χ4v) is 3.94. The lowest BCUT2D eigenvalue weighted by molar-refractivity contribution is -0.139. The van der Waals surface area contributed by atoms with Crippen molar-refractivity contribution in [3.8, 4) is 23.1 Å². The first-order chi connectivity index (χ1) is 16.1. The number of nitrogens with one attached hydrogen (secondary N) is 1. The van der Waals surface area contributed by atoms with E-state index in [0.717, 1.165) is 19.2 Å². The van der Waals surface area contributed by atoms with Gasteiger partial charge in [-0.1, -0.05) is 0 Å². The number of amides is 1. The van der Waals surface area contributed by atoms with Crippen molar-refractivity contribution < 1.29 is 22.7 Å². The van der Waals surface area contributed by atoms with Crippen LogP contribution in [0.3, 0.4) is 0 Å². The topological polar surface area (TPSA) is 130 Å². The van der Waals surface area contributed by atoms with E-state index < -0.39 is 11.7 Å². The Morgan fingerprint density at radius 1 is 1.32 bits per heavy atom. The number of nitrogens with two attached hydrogens (primary N) is 2. The molecule has 5 N–H and O–H groups in total. The molecule has 3 rings (SSSR count). The molecule has 8 nitrogen and oxygen atoms in total. The summed E-state index contributed by atoms with van der Waals surface area (Å²) in [6, 6.07) is 7.04. The number of hydrogen-bond acceptors (Lipinski definition) is 7. The second kappa shape index (κ2) is 10.6. The van der Waals surface area contributed by atoms with Gasteiger partial charge in [-0.25, -0.2) is 4.98 Å². The normalized spacial score (nSPS) is 15.0. The zero-order valence-electron chi connectivity index (χ0n) is 18.8. The molecule has 11 heteroatoms. The third-order valence-electron chi connectivity index (χ3n) is 5.88. The molecule has 0 radical (unpaired) electrons. The predicted molar refractivity (Wildman–Crippen MR) is 122 cm³/mol. The molecular weight excluding hydrogens is 449 g/mol. The second-order valence-electron chi connectivity index (χ2n) is 8.11. The number of pyridine rings is 1. The lowest BCUT2D eigenvalue weighted by Gasteiger charge is -2.30. The number of aromatic nitrogens is 1. The Hall–Kier alpha value is -3.52. The van der Waals surface area contributed by atoms with Crippen molar-refractivity contribution in [2.75, 3.05) is 44.3 Å². The maximum Gasteiger partial charge on any atom is 0.419 e. The summed E-state index contributed by atoms with van der Waals surface area (Å²) in [4.78, 5) is 17.5. The van der Waals surface area contributed by atoms with Crippen LogP contribution in [0.15, 0.2) is 24.3 Å². The van der Waals surface area contributed by atoms with Crippen LogP contribution in [0.4, 0.5) is 24.5 Å². The van der Waals surface area contributed by atoms with Crippen molar-refractivity contribution in [2.45, 2.75) is 25.4 Å². The Morgan fingerprint density at radius 2 is 2.03 bits per heavy atom. The summed E-state index contributed by atoms with van der Waals surface area (Å²) in [6.45, 7) is 2.22. The minimum atomic E-state index is -4.64. The molecule has 1 fully saturated rings. The molecule has 0 saturated carbocycles. The minimum absolute atomic E-state index is 0.0735. The number of nitriles is 1. The third-order valence-corrected chi connectivity index (χ3v) is 5.88. The molecule has 0 atom stereocenters. The fraction of sp³-hybridized carbons (Fsp3) is 0.435. The zero-order chi connectivity index (χ0) is 24.9. The molecule has 1 saturated heterocycles. The molecular formula is C23H27F3N6O2. The van der Waals surface area contributed by atoms with Gasteiger partial charge in [0.2, 0.25) is 5.91 Å². The first-order valence-electron chi connectivity index (χ1n) is 10.9. The number of halogens is 3. The summed E-state index contributed by atoms with van der Waals surface area (Å²) in [6.07, 6.45) is -2.72. The Kier molecular flexibility index (Phi) is 7.83. The third kappa shape index (κ3) is 5.88. The first kappa shape index (κ1) is 25.1. The van der Waals surface area contributed by atoms with Gasteiger partial charge < -0.3 is 26.4 Å². The van der Waals surface area contributed by atoms with Crippen LogP contribution in [-0.2, 0) is 11.0 Å². The van der Waals surface area contributed by atoms with Crippen molar-refractivity contribution in [3.63, 3.8) is 0 Å². The zero-order valence-corrected chi connectivity index (χ0v) is 18.8. The first-order valence-corrected chi connectivity index (χ1v) is 10.9. The van der Waals surface area contributed by atoms with E-state index in [2.05, 4.69) is 15.2 Å². The number of hydrogen-bond donors (Lipinski definition) is 3. The highest BCUT2D eigenvalue weighted by Crippen LogP contribution is 2.39. The van der Waals surface area contributed by atoms with E-state index >= 15 is 0 Å². The number of ether oxygens (including phenoxy) is 1. The largest absolute Gasteiger partial charge is 0.493 e. The van der Waals surface area contributed by atoms with Gasteiger partial charge in [0.1, 0.15) is 11.8 Å². The van der Waals surface area contributed by atoms with E-state index in [1.807, 2.05) is 6.07 Å². The predicted octanol–water partition coefficient (Wildman–Crippen LogP) is 3.23. The average molecular weight is 477 g/mol. The van der Waals surface area contributed by atoms with Crippen molar-refractivity contribution in [3.05, 3.63) is 35.5 Å². The molecule has 0 bridgehead atoms. The summed E-state index contributed by atoms with van der Waals surface area (Å²) < 4.78 is 46.8. The van der Waals surface area contributed by atoms with Gasteiger partial charge in [0, 0.05) is 25.1 Å². The number of nitrogens with zero attached hydrogens (tertiary/aromatic N) is 3. The van der Waals surface area contributed by atoms with Crippen molar-refractivity contribution in [2.24, 2.45) is 11.7 Å². The van der Waals surface area contributed by atoms with Gasteiger partial charge in [0.05, 0.1) is 29.2 Å². The molecule has 0 spiro atoms. The lowest BCUT2D eigenvalue weighted by atomic mass is 9.96. The number of primary amides is 1. The monoisotopic (exact) mass is 476 g/mol. The van der Waals surface area contributed by atoms with Gasteiger partial charge in [-0.05, 0) is 56.6 Å². The number of carbonyl (C=O) groups excluding carboxylic acids is 1. The van der Waals surface area contributed by atoms with Crippen LogP contribution in [0.25, 0.3) is 11.3 Å². The molecule has 2 aromatic rings. The van der Waals surface area contributed by atoms with Crippen LogP contribution < -0.4 is 21.5 Å². The highest BCUT2D eigenvalue weighted by molar-refractivity contribution is 5.77. The van der Waals surface area contributed by atoms with E-state index in [0.29, 0.717) is 31.5 Å². The summed E-state index contributed by atoms with van der Waals surface area (Å²) in [7, 11) is 1.59. The number of benzene rings is 1. The Bertz CT molecular complexity index is 1080. The minimum Gasteiger partial charge on any atom is -0.493 e. The van der Waals surface area contributed by atoms with Gasteiger partial charge >= 0.3 is 6.18 Å². The quantitative estimate of drug-likeness (QED) is 0.499. The van der Waals surface area contributed by atoms with Crippen LogP contribution in [0.1, 0.15) is 30.5 Å². The number of rotatable bonds is 8. The molecule has 1 aliphatic heterocycles. The summed E-state index contributed by atoms with van der Waals surface area (Å²) in [5.74, 6) is -0.663. The molecule has 1 amide bonds. The average Bonchev–Trinajstić information content (AvgIpc) is 2.81. The smallest absolute Gasteiger partial charge is 0.419 e. The molecule has 1 aromatic carbocycles. The number of piperidine rings is 1. The Labute approximate surface area is 195 Å². The van der Waals surface area contributed by atoms with Crippen molar-refractivity contribution in [1.29, 1.82) is 5.26 Å². The van der Waals surface area contributed by atoms with Crippen LogP contribution in [0, 0.1) is 17.2 Å². The molecule has 0 aliphatic carbocycles.